The van der Waals surface area contributed by atoms with Gasteiger partial charge in [-0.1, -0.05) is 0 Å². The van der Waals surface area contributed by atoms with Crippen LogP contribution in [0.25, 0.3) is 4.83 Å². The molecule has 0 bridgehead atoms. The summed E-state index contributed by atoms with van der Waals surface area (Å²) >= 11 is 1.76. The van der Waals surface area contributed by atoms with E-state index in [1.165, 1.54) is 10.5 Å². The summed E-state index contributed by atoms with van der Waals surface area (Å²) in [6.07, 6.45) is 5.80. The zero-order valence-corrected chi connectivity index (χ0v) is 13.6. The molecule has 0 radical (unpaired) electrons. The quantitative estimate of drug-likeness (QED) is 0.855. The Balaban J connectivity index is 1.45. The van der Waals surface area contributed by atoms with Crippen molar-refractivity contribution < 1.29 is 9.53 Å². The monoisotopic (exact) mass is 319 g/mol. The highest BCUT2D eigenvalue weighted by atomic mass is 32.1. The summed E-state index contributed by atoms with van der Waals surface area (Å²) in [5.41, 5.74) is 1.22. The van der Waals surface area contributed by atoms with Gasteiger partial charge in [0.2, 0.25) is 0 Å². The van der Waals surface area contributed by atoms with Crippen LogP contribution >= 0.6 is 11.3 Å². The zero-order chi connectivity index (χ0) is 15.1. The standard InChI is InChI=1S/C16H21N3O2S/c1-11-17-14(16-19(11)8-10-22-16)12-4-6-18(7-5-12)15(20)13-3-2-9-21-13/h8,10,12-13H,2-7,9H2,1H3. The number of nitrogens with zero attached hydrogens (tertiary/aromatic N) is 3. The first-order valence-electron chi connectivity index (χ1n) is 8.06. The Kier molecular flexibility index (Phi) is 3.66. The number of hydrogen-bond acceptors (Lipinski definition) is 4. The number of carbonyl (C=O) groups excluding carboxylic acids is 1. The van der Waals surface area contributed by atoms with E-state index in [9.17, 15) is 4.79 Å². The van der Waals surface area contributed by atoms with Crippen molar-refractivity contribution in [2.24, 2.45) is 0 Å². The number of aryl methyl sites for hydroxylation is 1. The molecule has 0 N–H and O–H groups in total. The van der Waals surface area contributed by atoms with Gasteiger partial charge in [-0.3, -0.25) is 9.20 Å². The van der Waals surface area contributed by atoms with Crippen molar-refractivity contribution in [3.63, 3.8) is 0 Å². The van der Waals surface area contributed by atoms with Crippen LogP contribution in [0.4, 0.5) is 0 Å². The molecule has 0 aliphatic carbocycles. The van der Waals surface area contributed by atoms with E-state index in [0.29, 0.717) is 5.92 Å². The molecule has 0 spiro atoms. The lowest BCUT2D eigenvalue weighted by atomic mass is 9.93. The maximum atomic E-state index is 12.4. The van der Waals surface area contributed by atoms with Crippen molar-refractivity contribution in [2.45, 2.75) is 44.6 Å². The van der Waals surface area contributed by atoms with Crippen molar-refractivity contribution >= 4 is 22.1 Å². The molecule has 2 aliphatic rings. The lowest BCUT2D eigenvalue weighted by Crippen LogP contribution is -2.43. The molecule has 118 valence electrons. The van der Waals surface area contributed by atoms with E-state index >= 15 is 0 Å². The summed E-state index contributed by atoms with van der Waals surface area (Å²) in [5.74, 6) is 1.72. The normalized spacial score (nSPS) is 23.5. The average molecular weight is 319 g/mol. The molecule has 2 fully saturated rings. The van der Waals surface area contributed by atoms with Gasteiger partial charge in [-0.05, 0) is 32.6 Å². The van der Waals surface area contributed by atoms with Crippen LogP contribution in [0.2, 0.25) is 0 Å². The van der Waals surface area contributed by atoms with E-state index in [4.69, 9.17) is 9.72 Å². The number of aromatic nitrogens is 2. The van der Waals surface area contributed by atoms with Crippen LogP contribution in [0.15, 0.2) is 11.6 Å². The number of hydrogen-bond donors (Lipinski definition) is 0. The minimum atomic E-state index is -0.185. The summed E-state index contributed by atoms with van der Waals surface area (Å²) in [6, 6.07) is 0. The van der Waals surface area contributed by atoms with Crippen LogP contribution < -0.4 is 0 Å². The van der Waals surface area contributed by atoms with Crippen LogP contribution in [0.1, 0.15) is 43.1 Å². The fraction of sp³-hybridized carbons (Fsp3) is 0.625. The molecule has 2 aliphatic heterocycles. The van der Waals surface area contributed by atoms with Crippen LogP contribution in [-0.2, 0) is 9.53 Å². The van der Waals surface area contributed by atoms with Crippen LogP contribution in [0.5, 0.6) is 0 Å². The van der Waals surface area contributed by atoms with Crippen molar-refractivity contribution in [2.75, 3.05) is 19.7 Å². The number of likely N-dealkylation sites (tertiary alicyclic amines) is 1. The molecule has 1 unspecified atom stereocenters. The number of rotatable bonds is 2. The lowest BCUT2D eigenvalue weighted by Gasteiger charge is -2.32. The Morgan fingerprint density at radius 3 is 2.91 bits per heavy atom. The fourth-order valence-electron chi connectivity index (χ4n) is 3.61. The fourth-order valence-corrected chi connectivity index (χ4v) is 4.56. The van der Waals surface area contributed by atoms with Gasteiger partial charge in [-0.15, -0.1) is 11.3 Å². The minimum Gasteiger partial charge on any atom is -0.368 e. The highest BCUT2D eigenvalue weighted by molar-refractivity contribution is 7.15. The maximum Gasteiger partial charge on any atom is 0.251 e. The van der Waals surface area contributed by atoms with Crippen LogP contribution in [0.3, 0.4) is 0 Å². The first kappa shape index (κ1) is 14.2. The van der Waals surface area contributed by atoms with Gasteiger partial charge in [0.1, 0.15) is 16.8 Å². The third kappa shape index (κ3) is 2.34. The molecular formula is C16H21N3O2S. The van der Waals surface area contributed by atoms with E-state index < -0.39 is 0 Å². The number of ether oxygens (including phenoxy) is 1. The molecule has 4 heterocycles. The maximum absolute atomic E-state index is 12.4. The van der Waals surface area contributed by atoms with E-state index in [0.717, 1.165) is 51.2 Å². The van der Waals surface area contributed by atoms with Crippen molar-refractivity contribution in [1.29, 1.82) is 0 Å². The molecule has 22 heavy (non-hydrogen) atoms. The topological polar surface area (TPSA) is 46.8 Å². The molecule has 0 saturated carbocycles. The molecular weight excluding hydrogens is 298 g/mol. The van der Waals surface area contributed by atoms with Gasteiger partial charge in [0, 0.05) is 37.2 Å². The number of fused-ring (bicyclic) bond motifs is 1. The van der Waals surface area contributed by atoms with Gasteiger partial charge in [0.25, 0.3) is 5.91 Å². The second-order valence-electron chi connectivity index (χ2n) is 6.22. The first-order chi connectivity index (χ1) is 10.7. The number of carbonyl (C=O) groups is 1. The van der Waals surface area contributed by atoms with Crippen molar-refractivity contribution in [3.8, 4) is 0 Å². The van der Waals surface area contributed by atoms with Gasteiger partial charge in [-0.2, -0.15) is 0 Å². The molecule has 1 amide bonds. The second kappa shape index (κ2) is 5.66. The second-order valence-corrected chi connectivity index (χ2v) is 7.12. The highest BCUT2D eigenvalue weighted by Gasteiger charge is 2.32. The highest BCUT2D eigenvalue weighted by Crippen LogP contribution is 2.33. The zero-order valence-electron chi connectivity index (χ0n) is 12.8. The number of imidazole rings is 1. The molecule has 6 heteroatoms. The molecule has 2 saturated heterocycles. The predicted octanol–water partition coefficient (Wildman–Crippen LogP) is 2.59. The predicted molar refractivity (Wildman–Crippen MR) is 85.3 cm³/mol. The minimum absolute atomic E-state index is 0.185. The van der Waals surface area contributed by atoms with E-state index in [2.05, 4.69) is 22.9 Å². The summed E-state index contributed by atoms with van der Waals surface area (Å²) in [4.78, 5) is 20.4. The Labute approximate surface area is 133 Å². The molecule has 2 aromatic rings. The third-order valence-electron chi connectivity index (χ3n) is 4.86. The Morgan fingerprint density at radius 1 is 1.36 bits per heavy atom. The summed E-state index contributed by atoms with van der Waals surface area (Å²) < 4.78 is 7.70. The summed E-state index contributed by atoms with van der Waals surface area (Å²) in [7, 11) is 0. The molecule has 5 nitrogen and oxygen atoms in total. The number of piperidine rings is 1. The van der Waals surface area contributed by atoms with E-state index in [1.54, 1.807) is 11.3 Å². The van der Waals surface area contributed by atoms with Gasteiger partial charge in [-0.25, -0.2) is 4.98 Å². The van der Waals surface area contributed by atoms with Crippen LogP contribution in [0, 0.1) is 6.92 Å². The summed E-state index contributed by atoms with van der Waals surface area (Å²) in [6.45, 7) is 4.44. The van der Waals surface area contributed by atoms with Gasteiger partial charge >= 0.3 is 0 Å². The number of thiazole rings is 1. The lowest BCUT2D eigenvalue weighted by molar-refractivity contribution is -0.142. The van der Waals surface area contributed by atoms with Gasteiger partial charge in [0.15, 0.2) is 0 Å². The molecule has 0 aromatic carbocycles. The first-order valence-corrected chi connectivity index (χ1v) is 8.94. The van der Waals surface area contributed by atoms with Gasteiger partial charge < -0.3 is 9.64 Å². The average Bonchev–Trinajstić information content (AvgIpc) is 3.26. The van der Waals surface area contributed by atoms with Gasteiger partial charge in [0.05, 0.1) is 5.69 Å². The third-order valence-corrected chi connectivity index (χ3v) is 5.74. The smallest absolute Gasteiger partial charge is 0.251 e. The molecule has 2 aromatic heterocycles. The van der Waals surface area contributed by atoms with Crippen LogP contribution in [-0.4, -0.2) is 46.0 Å². The van der Waals surface area contributed by atoms with E-state index in [1.807, 2.05) is 4.90 Å². The Hall–Kier alpha value is -1.40. The van der Waals surface area contributed by atoms with E-state index in [-0.39, 0.29) is 12.0 Å². The number of amides is 1. The largest absolute Gasteiger partial charge is 0.368 e. The Bertz CT molecular complexity index is 679. The van der Waals surface area contributed by atoms with Crippen molar-refractivity contribution in [1.82, 2.24) is 14.3 Å². The molecule has 1 atom stereocenters. The van der Waals surface area contributed by atoms with Crippen molar-refractivity contribution in [3.05, 3.63) is 23.1 Å². The SMILES string of the molecule is Cc1nc(C2CCN(C(=O)C3CCCO3)CC2)c2sccn12. The molecule has 4 rings (SSSR count). The summed E-state index contributed by atoms with van der Waals surface area (Å²) in [5, 5.41) is 2.11. The Morgan fingerprint density at radius 2 is 2.18 bits per heavy atom.